The third kappa shape index (κ3) is 4.25. The molecule has 2 aromatic carbocycles. The monoisotopic (exact) mass is 367 g/mol. The number of amides is 3. The Kier molecular flexibility index (Phi) is 5.40. The number of nitrogens with one attached hydrogen (secondary N) is 2. The van der Waals surface area contributed by atoms with E-state index in [9.17, 15) is 14.4 Å². The van der Waals surface area contributed by atoms with Gasteiger partial charge in [-0.2, -0.15) is 0 Å². The molecular formula is C20H21N3O4. The predicted octanol–water partition coefficient (Wildman–Crippen LogP) is 2.71. The third-order valence-electron chi connectivity index (χ3n) is 4.28. The van der Waals surface area contributed by atoms with Crippen LogP contribution in [0.3, 0.4) is 0 Å². The first-order valence-corrected chi connectivity index (χ1v) is 8.65. The van der Waals surface area contributed by atoms with Gasteiger partial charge in [-0.1, -0.05) is 12.1 Å². The lowest BCUT2D eigenvalue weighted by Crippen LogP contribution is -2.29. The van der Waals surface area contributed by atoms with Gasteiger partial charge in [0.25, 0.3) is 0 Å². The van der Waals surface area contributed by atoms with E-state index in [2.05, 4.69) is 10.6 Å². The summed E-state index contributed by atoms with van der Waals surface area (Å²) in [6.45, 7) is 2.49. The molecule has 0 aromatic heterocycles. The highest BCUT2D eigenvalue weighted by atomic mass is 16.5. The molecule has 0 aliphatic carbocycles. The SMILES string of the molecule is COc1ccc(NC(=O)C(=O)Nc2cccc(C)c2)cc1N1CCCC1=O. The van der Waals surface area contributed by atoms with E-state index in [1.54, 1.807) is 41.3 Å². The molecule has 0 saturated carbocycles. The van der Waals surface area contributed by atoms with Gasteiger partial charge in [0, 0.05) is 24.3 Å². The van der Waals surface area contributed by atoms with Crippen LogP contribution in [0.2, 0.25) is 0 Å². The number of benzene rings is 2. The standard InChI is InChI=1S/C20H21N3O4/c1-13-5-3-6-14(11-13)21-19(25)20(26)22-15-8-9-17(27-2)16(12-15)23-10-4-7-18(23)24/h3,5-6,8-9,11-12H,4,7,10H2,1-2H3,(H,21,25)(H,22,26). The van der Waals surface area contributed by atoms with Crippen LogP contribution in [0.4, 0.5) is 17.1 Å². The second-order valence-electron chi connectivity index (χ2n) is 6.31. The molecule has 3 rings (SSSR count). The van der Waals surface area contributed by atoms with E-state index in [1.165, 1.54) is 7.11 Å². The number of ether oxygens (including phenoxy) is 1. The minimum absolute atomic E-state index is 0.00830. The number of rotatable bonds is 4. The van der Waals surface area contributed by atoms with E-state index in [0.717, 1.165) is 12.0 Å². The fourth-order valence-corrected chi connectivity index (χ4v) is 2.98. The summed E-state index contributed by atoms with van der Waals surface area (Å²) in [4.78, 5) is 38.0. The number of carbonyl (C=O) groups is 3. The number of aryl methyl sites for hydroxylation is 1. The normalized spacial score (nSPS) is 13.4. The molecule has 1 fully saturated rings. The molecule has 0 bridgehead atoms. The van der Waals surface area contributed by atoms with Gasteiger partial charge in [-0.15, -0.1) is 0 Å². The molecule has 7 nitrogen and oxygen atoms in total. The zero-order valence-corrected chi connectivity index (χ0v) is 15.2. The highest BCUT2D eigenvalue weighted by Crippen LogP contribution is 2.34. The predicted molar refractivity (Wildman–Crippen MR) is 103 cm³/mol. The van der Waals surface area contributed by atoms with Crippen molar-refractivity contribution in [1.82, 2.24) is 0 Å². The van der Waals surface area contributed by atoms with Gasteiger partial charge in [0.1, 0.15) is 5.75 Å². The molecule has 2 aromatic rings. The molecule has 27 heavy (non-hydrogen) atoms. The second-order valence-corrected chi connectivity index (χ2v) is 6.31. The Bertz CT molecular complexity index is 895. The van der Waals surface area contributed by atoms with Crippen molar-refractivity contribution in [1.29, 1.82) is 0 Å². The van der Waals surface area contributed by atoms with E-state index >= 15 is 0 Å². The Morgan fingerprint density at radius 2 is 1.74 bits per heavy atom. The Morgan fingerprint density at radius 3 is 2.33 bits per heavy atom. The summed E-state index contributed by atoms with van der Waals surface area (Å²) >= 11 is 0. The number of nitrogens with zero attached hydrogens (tertiary/aromatic N) is 1. The Labute approximate surface area is 157 Å². The van der Waals surface area contributed by atoms with E-state index in [0.29, 0.717) is 35.8 Å². The summed E-state index contributed by atoms with van der Waals surface area (Å²) in [7, 11) is 1.52. The summed E-state index contributed by atoms with van der Waals surface area (Å²) in [6, 6.07) is 12.1. The number of hydrogen-bond acceptors (Lipinski definition) is 4. The van der Waals surface area contributed by atoms with Gasteiger partial charge >= 0.3 is 11.8 Å². The van der Waals surface area contributed by atoms with Gasteiger partial charge in [-0.3, -0.25) is 14.4 Å². The molecule has 0 unspecified atom stereocenters. The van der Waals surface area contributed by atoms with Crippen molar-refractivity contribution in [3.8, 4) is 5.75 Å². The summed E-state index contributed by atoms with van der Waals surface area (Å²) in [5, 5.41) is 5.12. The molecule has 1 aliphatic rings. The molecule has 0 radical (unpaired) electrons. The maximum absolute atomic E-state index is 12.2. The lowest BCUT2D eigenvalue weighted by Gasteiger charge is -2.20. The first-order valence-electron chi connectivity index (χ1n) is 8.65. The van der Waals surface area contributed by atoms with Gasteiger partial charge in [-0.05, 0) is 49.2 Å². The summed E-state index contributed by atoms with van der Waals surface area (Å²) in [5.41, 5.74) is 2.52. The fourth-order valence-electron chi connectivity index (χ4n) is 2.98. The number of hydrogen-bond donors (Lipinski definition) is 2. The molecule has 0 spiro atoms. The first-order chi connectivity index (χ1) is 13.0. The van der Waals surface area contributed by atoms with Gasteiger partial charge in [0.05, 0.1) is 12.8 Å². The summed E-state index contributed by atoms with van der Waals surface area (Å²) < 4.78 is 5.32. The molecule has 1 heterocycles. The third-order valence-corrected chi connectivity index (χ3v) is 4.28. The van der Waals surface area contributed by atoms with Gasteiger partial charge in [0.2, 0.25) is 5.91 Å². The molecule has 140 valence electrons. The molecule has 7 heteroatoms. The van der Waals surface area contributed by atoms with Crippen LogP contribution in [-0.2, 0) is 14.4 Å². The van der Waals surface area contributed by atoms with E-state index in [4.69, 9.17) is 4.74 Å². The molecule has 1 saturated heterocycles. The van der Waals surface area contributed by atoms with Crippen molar-refractivity contribution in [3.05, 3.63) is 48.0 Å². The minimum atomic E-state index is -0.791. The van der Waals surface area contributed by atoms with Crippen molar-refractivity contribution in [2.45, 2.75) is 19.8 Å². The number of anilines is 3. The minimum Gasteiger partial charge on any atom is -0.495 e. The average molecular weight is 367 g/mol. The largest absolute Gasteiger partial charge is 0.495 e. The topological polar surface area (TPSA) is 87.7 Å². The zero-order valence-electron chi connectivity index (χ0n) is 15.2. The molecule has 2 N–H and O–H groups in total. The van der Waals surface area contributed by atoms with Crippen LogP contribution in [-0.4, -0.2) is 31.4 Å². The van der Waals surface area contributed by atoms with Crippen molar-refractivity contribution >= 4 is 34.8 Å². The van der Waals surface area contributed by atoms with Gasteiger partial charge in [-0.25, -0.2) is 0 Å². The van der Waals surface area contributed by atoms with Crippen LogP contribution in [0.25, 0.3) is 0 Å². The first kappa shape index (κ1) is 18.4. The lowest BCUT2D eigenvalue weighted by molar-refractivity contribution is -0.132. The number of methoxy groups -OCH3 is 1. The molecule has 3 amide bonds. The molecule has 0 atom stereocenters. The summed E-state index contributed by atoms with van der Waals surface area (Å²) in [6.07, 6.45) is 1.26. The van der Waals surface area contributed by atoms with E-state index in [1.807, 2.05) is 13.0 Å². The van der Waals surface area contributed by atoms with E-state index in [-0.39, 0.29) is 5.91 Å². The van der Waals surface area contributed by atoms with Crippen molar-refractivity contribution in [3.63, 3.8) is 0 Å². The smallest absolute Gasteiger partial charge is 0.314 e. The molecular weight excluding hydrogens is 346 g/mol. The highest BCUT2D eigenvalue weighted by Gasteiger charge is 2.25. The Hall–Kier alpha value is -3.35. The number of carbonyl (C=O) groups excluding carboxylic acids is 3. The van der Waals surface area contributed by atoms with Gasteiger partial charge in [0.15, 0.2) is 0 Å². The van der Waals surface area contributed by atoms with Crippen molar-refractivity contribution in [2.75, 3.05) is 29.2 Å². The van der Waals surface area contributed by atoms with Crippen molar-refractivity contribution in [2.24, 2.45) is 0 Å². The lowest BCUT2D eigenvalue weighted by atomic mass is 10.2. The van der Waals surface area contributed by atoms with Crippen LogP contribution in [0.1, 0.15) is 18.4 Å². The zero-order chi connectivity index (χ0) is 19.4. The Balaban J connectivity index is 1.73. The Morgan fingerprint density at radius 1 is 1.04 bits per heavy atom. The second kappa shape index (κ2) is 7.90. The van der Waals surface area contributed by atoms with Crippen LogP contribution in [0.15, 0.2) is 42.5 Å². The van der Waals surface area contributed by atoms with Crippen molar-refractivity contribution < 1.29 is 19.1 Å². The quantitative estimate of drug-likeness (QED) is 0.814. The van der Waals surface area contributed by atoms with Crippen LogP contribution in [0.5, 0.6) is 5.75 Å². The highest BCUT2D eigenvalue weighted by molar-refractivity contribution is 6.43. The van der Waals surface area contributed by atoms with Crippen LogP contribution >= 0.6 is 0 Å². The maximum Gasteiger partial charge on any atom is 0.314 e. The van der Waals surface area contributed by atoms with E-state index < -0.39 is 11.8 Å². The average Bonchev–Trinajstić information content (AvgIpc) is 3.07. The van der Waals surface area contributed by atoms with Crippen LogP contribution in [0, 0.1) is 6.92 Å². The maximum atomic E-state index is 12.2. The summed E-state index contributed by atoms with van der Waals surface area (Å²) in [5.74, 6) is -1.02. The van der Waals surface area contributed by atoms with Gasteiger partial charge < -0.3 is 20.3 Å². The molecule has 1 aliphatic heterocycles. The van der Waals surface area contributed by atoms with Crippen LogP contribution < -0.4 is 20.3 Å². The fraction of sp³-hybridized carbons (Fsp3) is 0.250.